The van der Waals surface area contributed by atoms with Crippen molar-refractivity contribution in [3.63, 3.8) is 0 Å². The number of unbranched alkanes of at least 4 members (excludes halogenated alkanes) is 3. The molecule has 3 heteroatoms. The minimum atomic E-state index is -0.147. The molecule has 0 amide bonds. The Kier molecular flexibility index (Phi) is 7.16. The third kappa shape index (κ3) is 4.95. The quantitative estimate of drug-likeness (QED) is 0.371. The number of phenols is 2. The average Bonchev–Trinajstić information content (AvgIpc) is 3.02. The number of allylic oxidation sites excluding steroid dienone is 2. The Balaban J connectivity index is 2.31. The van der Waals surface area contributed by atoms with Gasteiger partial charge in [-0.25, -0.2) is 0 Å². The van der Waals surface area contributed by atoms with Gasteiger partial charge in [-0.2, -0.15) is 0 Å². The number of aliphatic hydroxyl groups excluding tert-OH is 1. The van der Waals surface area contributed by atoms with Crippen LogP contribution in [0, 0.1) is 5.92 Å². The van der Waals surface area contributed by atoms with Crippen molar-refractivity contribution in [2.24, 2.45) is 5.92 Å². The summed E-state index contributed by atoms with van der Waals surface area (Å²) in [6.45, 7) is 12.6. The standard InChI is InChI=1S/C24H36O3/c1-6-7-8-9-10-24(4,5)18-13-21(26)23(22(27)14-18)20-12-17(15-25)11-19(20)16(2)3/h12-14,19-20,25-27H,2,6-11,15H2,1,3-5H3/t19-,20+/m0/s1. The maximum Gasteiger partial charge on any atom is 0.123 e. The van der Waals surface area contributed by atoms with Gasteiger partial charge in [-0.05, 0) is 54.4 Å². The first-order valence-electron chi connectivity index (χ1n) is 10.2. The number of aromatic hydroxyl groups is 2. The second kappa shape index (κ2) is 8.97. The number of hydrogen-bond acceptors (Lipinski definition) is 3. The number of benzene rings is 1. The highest BCUT2D eigenvalue weighted by molar-refractivity contribution is 5.53. The fourth-order valence-corrected chi connectivity index (χ4v) is 4.22. The Labute approximate surface area is 164 Å². The topological polar surface area (TPSA) is 60.7 Å². The summed E-state index contributed by atoms with van der Waals surface area (Å²) in [5, 5.41) is 31.1. The van der Waals surface area contributed by atoms with Gasteiger partial charge < -0.3 is 15.3 Å². The molecule has 0 bridgehead atoms. The first-order valence-corrected chi connectivity index (χ1v) is 10.2. The van der Waals surface area contributed by atoms with Crippen molar-refractivity contribution in [1.82, 2.24) is 0 Å². The van der Waals surface area contributed by atoms with Crippen LogP contribution in [0.4, 0.5) is 0 Å². The summed E-state index contributed by atoms with van der Waals surface area (Å²) in [5.41, 5.74) is 3.36. The van der Waals surface area contributed by atoms with Gasteiger partial charge in [-0.15, -0.1) is 0 Å². The van der Waals surface area contributed by atoms with Gasteiger partial charge >= 0.3 is 0 Å². The molecule has 0 unspecified atom stereocenters. The van der Waals surface area contributed by atoms with Crippen LogP contribution in [0.5, 0.6) is 11.5 Å². The normalized spacial score (nSPS) is 20.0. The smallest absolute Gasteiger partial charge is 0.123 e. The maximum absolute atomic E-state index is 10.8. The van der Waals surface area contributed by atoms with E-state index in [0.29, 0.717) is 5.56 Å². The van der Waals surface area contributed by atoms with E-state index in [2.05, 4.69) is 27.4 Å². The summed E-state index contributed by atoms with van der Waals surface area (Å²) >= 11 is 0. The van der Waals surface area contributed by atoms with E-state index in [1.54, 1.807) is 0 Å². The molecule has 2 rings (SSSR count). The monoisotopic (exact) mass is 372 g/mol. The van der Waals surface area contributed by atoms with Crippen molar-refractivity contribution < 1.29 is 15.3 Å². The van der Waals surface area contributed by atoms with E-state index in [-0.39, 0.29) is 35.4 Å². The Morgan fingerprint density at radius 3 is 2.30 bits per heavy atom. The fourth-order valence-electron chi connectivity index (χ4n) is 4.22. The molecule has 3 N–H and O–H groups in total. The average molecular weight is 373 g/mol. The lowest BCUT2D eigenvalue weighted by Crippen LogP contribution is -2.17. The van der Waals surface area contributed by atoms with Crippen molar-refractivity contribution in [1.29, 1.82) is 0 Å². The summed E-state index contributed by atoms with van der Waals surface area (Å²) in [6.07, 6.45) is 8.54. The summed E-state index contributed by atoms with van der Waals surface area (Å²) in [4.78, 5) is 0. The minimum Gasteiger partial charge on any atom is -0.507 e. The molecule has 0 saturated heterocycles. The summed E-state index contributed by atoms with van der Waals surface area (Å²) in [7, 11) is 0. The van der Waals surface area contributed by atoms with Gasteiger partial charge in [-0.3, -0.25) is 0 Å². The first kappa shape index (κ1) is 21.6. The number of hydrogen-bond donors (Lipinski definition) is 3. The van der Waals surface area contributed by atoms with E-state index >= 15 is 0 Å². The van der Waals surface area contributed by atoms with E-state index < -0.39 is 0 Å². The minimum absolute atomic E-state index is 0.00464. The predicted octanol–water partition coefficient (Wildman–Crippen LogP) is 5.94. The Hall–Kier alpha value is -1.74. The number of phenolic OH excluding ortho intramolecular Hbond substituents is 2. The van der Waals surface area contributed by atoms with Crippen LogP contribution in [0.3, 0.4) is 0 Å². The SMILES string of the molecule is C=C(C)[C@@H]1CC(CO)=C[C@H]1c1c(O)cc(C(C)(C)CCCCCC)cc1O. The largest absolute Gasteiger partial charge is 0.507 e. The Bertz CT molecular complexity index is 677. The number of aliphatic hydroxyl groups is 1. The molecular formula is C24H36O3. The van der Waals surface area contributed by atoms with Crippen molar-refractivity contribution >= 4 is 0 Å². The highest BCUT2D eigenvalue weighted by atomic mass is 16.3. The van der Waals surface area contributed by atoms with E-state index in [4.69, 9.17) is 0 Å². The molecule has 1 aliphatic rings. The van der Waals surface area contributed by atoms with Crippen molar-refractivity contribution in [3.8, 4) is 11.5 Å². The maximum atomic E-state index is 10.8. The molecular weight excluding hydrogens is 336 g/mol. The van der Waals surface area contributed by atoms with Gasteiger partial charge in [0, 0.05) is 11.5 Å². The van der Waals surface area contributed by atoms with E-state index in [0.717, 1.165) is 36.0 Å². The highest BCUT2D eigenvalue weighted by Crippen LogP contribution is 2.49. The molecule has 150 valence electrons. The molecule has 0 radical (unpaired) electrons. The highest BCUT2D eigenvalue weighted by Gasteiger charge is 2.33. The van der Waals surface area contributed by atoms with Crippen LogP contribution in [-0.2, 0) is 5.41 Å². The van der Waals surface area contributed by atoms with Crippen molar-refractivity contribution in [3.05, 3.63) is 47.1 Å². The Morgan fingerprint density at radius 2 is 1.78 bits per heavy atom. The van der Waals surface area contributed by atoms with Crippen LogP contribution < -0.4 is 0 Å². The predicted molar refractivity (Wildman–Crippen MR) is 112 cm³/mol. The Morgan fingerprint density at radius 1 is 1.15 bits per heavy atom. The van der Waals surface area contributed by atoms with Crippen molar-refractivity contribution in [2.45, 2.75) is 77.6 Å². The second-order valence-corrected chi connectivity index (χ2v) is 8.79. The zero-order valence-electron chi connectivity index (χ0n) is 17.4. The van der Waals surface area contributed by atoms with Crippen LogP contribution in [0.1, 0.15) is 83.3 Å². The molecule has 0 spiro atoms. The van der Waals surface area contributed by atoms with Gasteiger partial charge in [-0.1, -0.05) is 64.7 Å². The van der Waals surface area contributed by atoms with Crippen LogP contribution in [0.2, 0.25) is 0 Å². The van der Waals surface area contributed by atoms with Crippen LogP contribution in [-0.4, -0.2) is 21.9 Å². The number of rotatable bonds is 9. The van der Waals surface area contributed by atoms with Gasteiger partial charge in [0.25, 0.3) is 0 Å². The molecule has 2 atom stereocenters. The van der Waals surface area contributed by atoms with Gasteiger partial charge in [0.2, 0.25) is 0 Å². The molecule has 0 aliphatic heterocycles. The molecule has 1 aliphatic carbocycles. The fraction of sp³-hybridized carbons (Fsp3) is 0.583. The van der Waals surface area contributed by atoms with Gasteiger partial charge in [0.05, 0.1) is 6.61 Å². The van der Waals surface area contributed by atoms with Gasteiger partial charge in [0.1, 0.15) is 11.5 Å². The summed E-state index contributed by atoms with van der Waals surface area (Å²) in [5.74, 6) is 0.222. The zero-order chi connectivity index (χ0) is 20.2. The van der Waals surface area contributed by atoms with E-state index in [9.17, 15) is 15.3 Å². The molecule has 0 aromatic heterocycles. The first-order chi connectivity index (χ1) is 12.7. The molecule has 1 aromatic carbocycles. The molecule has 0 heterocycles. The van der Waals surface area contributed by atoms with E-state index in [1.807, 2.05) is 25.1 Å². The summed E-state index contributed by atoms with van der Waals surface area (Å²) < 4.78 is 0. The van der Waals surface area contributed by atoms with Crippen LogP contribution in [0.25, 0.3) is 0 Å². The molecule has 27 heavy (non-hydrogen) atoms. The lowest BCUT2D eigenvalue weighted by molar-refractivity contribution is 0.326. The third-order valence-electron chi connectivity index (χ3n) is 6.07. The molecule has 1 aromatic rings. The summed E-state index contributed by atoms with van der Waals surface area (Å²) in [6, 6.07) is 3.63. The third-order valence-corrected chi connectivity index (χ3v) is 6.07. The molecule has 3 nitrogen and oxygen atoms in total. The van der Waals surface area contributed by atoms with Crippen molar-refractivity contribution in [2.75, 3.05) is 6.61 Å². The zero-order valence-corrected chi connectivity index (χ0v) is 17.4. The second-order valence-electron chi connectivity index (χ2n) is 8.79. The van der Waals surface area contributed by atoms with Crippen LogP contribution >= 0.6 is 0 Å². The molecule has 0 saturated carbocycles. The lowest BCUT2D eigenvalue weighted by Gasteiger charge is -2.28. The molecule has 0 fully saturated rings. The van der Waals surface area contributed by atoms with Crippen LogP contribution in [0.15, 0.2) is 35.9 Å². The van der Waals surface area contributed by atoms with Gasteiger partial charge in [0.15, 0.2) is 0 Å². The van der Waals surface area contributed by atoms with E-state index in [1.165, 1.54) is 19.3 Å². The lowest BCUT2D eigenvalue weighted by atomic mass is 9.77.